The van der Waals surface area contributed by atoms with Crippen LogP contribution in [0.15, 0.2) is 30.3 Å². The number of nitrogens with zero attached hydrogens (tertiary/aromatic N) is 4. The van der Waals surface area contributed by atoms with Crippen LogP contribution in [0.3, 0.4) is 0 Å². The Hall–Kier alpha value is -2.60. The van der Waals surface area contributed by atoms with Crippen molar-refractivity contribution in [2.75, 3.05) is 38.6 Å². The number of hydrogen-bond acceptors (Lipinski definition) is 5. The predicted molar refractivity (Wildman–Crippen MR) is 113 cm³/mol. The van der Waals surface area contributed by atoms with Gasteiger partial charge in [0.25, 0.3) is 0 Å². The highest BCUT2D eigenvalue weighted by Crippen LogP contribution is 2.35. The van der Waals surface area contributed by atoms with E-state index in [9.17, 15) is 0 Å². The van der Waals surface area contributed by atoms with E-state index in [0.29, 0.717) is 0 Å². The van der Waals surface area contributed by atoms with Crippen molar-refractivity contribution < 1.29 is 4.74 Å². The second kappa shape index (κ2) is 8.19. The predicted octanol–water partition coefficient (Wildman–Crippen LogP) is 3.92. The van der Waals surface area contributed by atoms with Crippen LogP contribution >= 0.6 is 0 Å². The van der Waals surface area contributed by atoms with Gasteiger partial charge in [0.2, 0.25) is 0 Å². The average molecular weight is 380 g/mol. The van der Waals surface area contributed by atoms with Crippen molar-refractivity contribution in [3.8, 4) is 16.9 Å². The molecule has 6 nitrogen and oxygen atoms in total. The lowest BCUT2D eigenvalue weighted by Crippen LogP contribution is -2.22. The Kier molecular flexibility index (Phi) is 5.48. The molecule has 148 valence electrons. The maximum atomic E-state index is 5.58. The molecule has 0 radical (unpaired) electrons. The SMILES string of the molecule is COc1ccccc1-c1c(C)nn2c(NCCCN3CCCC3)cc(C)nc12. The lowest BCUT2D eigenvalue weighted by Gasteiger charge is -2.15. The van der Waals surface area contributed by atoms with E-state index >= 15 is 0 Å². The summed E-state index contributed by atoms with van der Waals surface area (Å²) in [6.45, 7) is 8.65. The second-order valence-electron chi connectivity index (χ2n) is 7.51. The van der Waals surface area contributed by atoms with Crippen molar-refractivity contribution >= 4 is 11.5 Å². The molecular weight excluding hydrogens is 350 g/mol. The zero-order valence-electron chi connectivity index (χ0n) is 17.0. The number of aryl methyl sites for hydroxylation is 2. The first kappa shape index (κ1) is 18.7. The average Bonchev–Trinajstić information content (AvgIpc) is 3.32. The monoisotopic (exact) mass is 379 g/mol. The highest BCUT2D eigenvalue weighted by atomic mass is 16.5. The molecule has 2 aromatic heterocycles. The van der Waals surface area contributed by atoms with E-state index in [2.05, 4.69) is 22.3 Å². The van der Waals surface area contributed by atoms with Gasteiger partial charge in [-0.05, 0) is 58.8 Å². The second-order valence-corrected chi connectivity index (χ2v) is 7.51. The van der Waals surface area contributed by atoms with Crippen molar-refractivity contribution in [3.05, 3.63) is 41.7 Å². The first-order chi connectivity index (χ1) is 13.7. The van der Waals surface area contributed by atoms with Crippen LogP contribution in [0.5, 0.6) is 5.75 Å². The fraction of sp³-hybridized carbons (Fsp3) is 0.455. The Morgan fingerprint density at radius 2 is 1.93 bits per heavy atom. The largest absolute Gasteiger partial charge is 0.496 e. The van der Waals surface area contributed by atoms with Crippen LogP contribution in [0.4, 0.5) is 5.82 Å². The molecule has 0 spiro atoms. The minimum absolute atomic E-state index is 0.837. The van der Waals surface area contributed by atoms with Gasteiger partial charge < -0.3 is 15.0 Å². The normalized spacial score (nSPS) is 14.7. The molecule has 0 unspecified atom stereocenters. The van der Waals surface area contributed by atoms with Gasteiger partial charge in [0.1, 0.15) is 11.6 Å². The summed E-state index contributed by atoms with van der Waals surface area (Å²) in [5.41, 5.74) is 4.84. The number of nitrogens with one attached hydrogen (secondary N) is 1. The Labute approximate surface area is 166 Å². The molecule has 4 rings (SSSR count). The maximum Gasteiger partial charge on any atom is 0.165 e. The molecular formula is C22H29N5O. The van der Waals surface area contributed by atoms with Crippen molar-refractivity contribution in [2.45, 2.75) is 33.1 Å². The summed E-state index contributed by atoms with van der Waals surface area (Å²) in [6, 6.07) is 10.1. The number of fused-ring (bicyclic) bond motifs is 1. The third-order valence-corrected chi connectivity index (χ3v) is 5.42. The standard InChI is InChI=1S/C22H29N5O/c1-16-15-20(23-11-8-14-26-12-6-7-13-26)27-22(24-16)21(17(2)25-27)18-9-4-5-10-19(18)28-3/h4-5,9-10,15,23H,6-8,11-14H2,1-3H3. The number of likely N-dealkylation sites (tertiary alicyclic amines) is 1. The highest BCUT2D eigenvalue weighted by molar-refractivity contribution is 5.84. The Bertz CT molecular complexity index is 959. The fourth-order valence-corrected chi connectivity index (χ4v) is 4.06. The summed E-state index contributed by atoms with van der Waals surface area (Å²) in [7, 11) is 1.70. The van der Waals surface area contributed by atoms with Gasteiger partial charge in [-0.2, -0.15) is 9.61 Å². The van der Waals surface area contributed by atoms with E-state index in [4.69, 9.17) is 14.8 Å². The van der Waals surface area contributed by atoms with E-state index in [1.54, 1.807) is 7.11 Å². The molecule has 3 aromatic rings. The topological polar surface area (TPSA) is 54.7 Å². The van der Waals surface area contributed by atoms with E-state index in [1.807, 2.05) is 36.6 Å². The van der Waals surface area contributed by atoms with E-state index in [0.717, 1.165) is 59.2 Å². The van der Waals surface area contributed by atoms with Crippen molar-refractivity contribution in [1.29, 1.82) is 0 Å². The zero-order chi connectivity index (χ0) is 19.5. The molecule has 1 fully saturated rings. The van der Waals surface area contributed by atoms with Gasteiger partial charge in [-0.1, -0.05) is 18.2 Å². The number of anilines is 1. The third-order valence-electron chi connectivity index (χ3n) is 5.42. The Balaban J connectivity index is 1.62. The number of methoxy groups -OCH3 is 1. The third kappa shape index (κ3) is 3.69. The lowest BCUT2D eigenvalue weighted by molar-refractivity contribution is 0.337. The summed E-state index contributed by atoms with van der Waals surface area (Å²) in [4.78, 5) is 7.35. The van der Waals surface area contributed by atoms with Crippen molar-refractivity contribution in [1.82, 2.24) is 19.5 Å². The minimum Gasteiger partial charge on any atom is -0.496 e. The van der Waals surface area contributed by atoms with Gasteiger partial charge in [-0.25, -0.2) is 4.98 Å². The van der Waals surface area contributed by atoms with Crippen LogP contribution in [-0.4, -0.2) is 52.8 Å². The molecule has 1 aliphatic rings. The van der Waals surface area contributed by atoms with Crippen LogP contribution in [-0.2, 0) is 0 Å². The quantitative estimate of drug-likeness (QED) is 0.631. The molecule has 0 saturated carbocycles. The Morgan fingerprint density at radius 3 is 2.71 bits per heavy atom. The van der Waals surface area contributed by atoms with Crippen molar-refractivity contribution in [2.24, 2.45) is 0 Å². The molecule has 0 amide bonds. The van der Waals surface area contributed by atoms with Crippen LogP contribution in [0, 0.1) is 13.8 Å². The fourth-order valence-electron chi connectivity index (χ4n) is 4.06. The summed E-state index contributed by atoms with van der Waals surface area (Å²) >= 11 is 0. The van der Waals surface area contributed by atoms with Gasteiger partial charge in [-0.3, -0.25) is 0 Å². The van der Waals surface area contributed by atoms with E-state index in [1.165, 1.54) is 25.9 Å². The summed E-state index contributed by atoms with van der Waals surface area (Å²) in [6.07, 6.45) is 3.81. The summed E-state index contributed by atoms with van der Waals surface area (Å²) < 4.78 is 7.51. The van der Waals surface area contributed by atoms with Gasteiger partial charge in [0.05, 0.1) is 18.4 Å². The molecule has 1 aromatic carbocycles. The highest BCUT2D eigenvalue weighted by Gasteiger charge is 2.18. The number of rotatable bonds is 7. The smallest absolute Gasteiger partial charge is 0.165 e. The number of para-hydroxylation sites is 1. The van der Waals surface area contributed by atoms with Crippen LogP contribution < -0.4 is 10.1 Å². The molecule has 1 aliphatic heterocycles. The van der Waals surface area contributed by atoms with Crippen LogP contribution in [0.25, 0.3) is 16.8 Å². The van der Waals surface area contributed by atoms with Gasteiger partial charge in [-0.15, -0.1) is 0 Å². The molecule has 0 bridgehead atoms. The van der Waals surface area contributed by atoms with E-state index < -0.39 is 0 Å². The zero-order valence-corrected chi connectivity index (χ0v) is 17.0. The first-order valence-electron chi connectivity index (χ1n) is 10.1. The molecule has 3 heterocycles. The Morgan fingerprint density at radius 1 is 1.14 bits per heavy atom. The molecule has 0 atom stereocenters. The molecule has 28 heavy (non-hydrogen) atoms. The molecule has 1 saturated heterocycles. The van der Waals surface area contributed by atoms with Crippen LogP contribution in [0.2, 0.25) is 0 Å². The molecule has 0 aliphatic carbocycles. The van der Waals surface area contributed by atoms with Gasteiger partial charge in [0.15, 0.2) is 5.65 Å². The van der Waals surface area contributed by atoms with Gasteiger partial charge in [0, 0.05) is 23.9 Å². The summed E-state index contributed by atoms with van der Waals surface area (Å²) in [5.74, 6) is 1.83. The maximum absolute atomic E-state index is 5.58. The number of benzene rings is 1. The van der Waals surface area contributed by atoms with Gasteiger partial charge >= 0.3 is 0 Å². The lowest BCUT2D eigenvalue weighted by atomic mass is 10.1. The van der Waals surface area contributed by atoms with Crippen molar-refractivity contribution in [3.63, 3.8) is 0 Å². The van der Waals surface area contributed by atoms with Crippen LogP contribution in [0.1, 0.15) is 30.7 Å². The van der Waals surface area contributed by atoms with E-state index in [-0.39, 0.29) is 0 Å². The first-order valence-corrected chi connectivity index (χ1v) is 10.1. The number of aromatic nitrogens is 3. The summed E-state index contributed by atoms with van der Waals surface area (Å²) in [5, 5.41) is 8.36. The number of ether oxygens (including phenoxy) is 1. The minimum atomic E-state index is 0.837. The molecule has 1 N–H and O–H groups in total. The number of hydrogen-bond donors (Lipinski definition) is 1. The molecule has 6 heteroatoms.